The Kier molecular flexibility index (Phi) is 6.84. The maximum absolute atomic E-state index is 12.3. The number of anilines is 1. The summed E-state index contributed by atoms with van der Waals surface area (Å²) in [6.07, 6.45) is 1.67. The van der Waals surface area contributed by atoms with E-state index in [2.05, 4.69) is 10.2 Å². The molecule has 4 rings (SSSR count). The number of methoxy groups -OCH3 is 2. The minimum atomic E-state index is -0.553. The van der Waals surface area contributed by atoms with Crippen LogP contribution >= 0.6 is 0 Å². The van der Waals surface area contributed by atoms with Crippen molar-refractivity contribution >= 4 is 22.7 Å². The van der Waals surface area contributed by atoms with Gasteiger partial charge in [0.05, 0.1) is 20.8 Å². The Balaban J connectivity index is 1.62. The van der Waals surface area contributed by atoms with E-state index in [0.717, 1.165) is 40.9 Å². The zero-order chi connectivity index (χ0) is 23.4. The van der Waals surface area contributed by atoms with Crippen molar-refractivity contribution in [2.24, 2.45) is 0 Å². The maximum atomic E-state index is 12.3. The van der Waals surface area contributed by atoms with Crippen molar-refractivity contribution in [1.29, 1.82) is 0 Å². The van der Waals surface area contributed by atoms with Gasteiger partial charge >= 0.3 is 11.7 Å². The van der Waals surface area contributed by atoms with E-state index in [1.807, 2.05) is 24.3 Å². The lowest BCUT2D eigenvalue weighted by Crippen LogP contribution is -2.26. The summed E-state index contributed by atoms with van der Waals surface area (Å²) in [6, 6.07) is 13.0. The van der Waals surface area contributed by atoms with Gasteiger partial charge in [-0.05, 0) is 55.7 Å². The second-order valence-corrected chi connectivity index (χ2v) is 7.96. The first kappa shape index (κ1) is 22.7. The average molecular weight is 453 g/mol. The highest BCUT2D eigenvalue weighted by atomic mass is 16.5. The van der Waals surface area contributed by atoms with Crippen LogP contribution in [0.25, 0.3) is 11.0 Å². The Morgan fingerprint density at radius 1 is 1.06 bits per heavy atom. The first-order chi connectivity index (χ1) is 16.0. The molecule has 8 heteroatoms. The Morgan fingerprint density at radius 3 is 2.55 bits per heavy atom. The quantitative estimate of drug-likeness (QED) is 0.477. The first-order valence-corrected chi connectivity index (χ1v) is 11.0. The largest absolute Gasteiger partial charge is 0.497 e. The molecule has 1 aliphatic rings. The van der Waals surface area contributed by atoms with E-state index < -0.39 is 11.7 Å². The summed E-state index contributed by atoms with van der Waals surface area (Å²) in [4.78, 5) is 26.4. The van der Waals surface area contributed by atoms with Gasteiger partial charge in [-0.3, -0.25) is 10.2 Å². The number of amides is 1. The van der Waals surface area contributed by atoms with Gasteiger partial charge in [-0.25, -0.2) is 9.59 Å². The normalized spacial score (nSPS) is 13.2. The molecule has 2 aromatic carbocycles. The first-order valence-electron chi connectivity index (χ1n) is 11.0. The zero-order valence-corrected chi connectivity index (χ0v) is 19.1. The molecule has 174 valence electrons. The molecule has 1 heterocycles. The lowest BCUT2D eigenvalue weighted by Gasteiger charge is -2.24. The number of hydrogen-bond acceptors (Lipinski definition) is 7. The number of nitrogens with one attached hydrogen (secondary N) is 1. The summed E-state index contributed by atoms with van der Waals surface area (Å²) in [5, 5.41) is 3.47. The van der Waals surface area contributed by atoms with E-state index in [9.17, 15) is 9.59 Å². The van der Waals surface area contributed by atoms with Crippen molar-refractivity contribution < 1.29 is 23.4 Å². The number of ether oxygens (including phenoxy) is 3. The fourth-order valence-electron chi connectivity index (χ4n) is 3.92. The topological polar surface area (TPSA) is 90.2 Å². The van der Waals surface area contributed by atoms with Gasteiger partial charge in [-0.15, -0.1) is 0 Å². The van der Waals surface area contributed by atoms with Crippen LogP contribution in [0.15, 0.2) is 51.7 Å². The van der Waals surface area contributed by atoms with Crippen LogP contribution in [-0.4, -0.2) is 37.9 Å². The molecule has 1 aliphatic carbocycles. The van der Waals surface area contributed by atoms with Crippen LogP contribution in [0, 0.1) is 0 Å². The molecule has 0 bridgehead atoms. The fourth-order valence-corrected chi connectivity index (χ4v) is 3.92. The SMILES string of the molecule is CCOC(=O)Nc1ccc2c(CN(Cc3cc(OC)ccc3OC)C3CC3)cc(=O)oc2c1. The Hall–Kier alpha value is -3.52. The summed E-state index contributed by atoms with van der Waals surface area (Å²) in [7, 11) is 3.30. The second kappa shape index (κ2) is 9.95. The Bertz CT molecular complexity index is 1200. The predicted molar refractivity (Wildman–Crippen MR) is 125 cm³/mol. The van der Waals surface area contributed by atoms with E-state index >= 15 is 0 Å². The number of carbonyl (C=O) groups excluding carboxylic acids is 1. The third-order valence-corrected chi connectivity index (χ3v) is 5.65. The average Bonchev–Trinajstić information content (AvgIpc) is 3.64. The van der Waals surface area contributed by atoms with Crippen LogP contribution < -0.4 is 20.4 Å². The van der Waals surface area contributed by atoms with Gasteiger partial charge in [-0.1, -0.05) is 0 Å². The molecule has 0 saturated heterocycles. The van der Waals surface area contributed by atoms with Crippen LogP contribution in [0.5, 0.6) is 11.5 Å². The van der Waals surface area contributed by atoms with E-state index in [-0.39, 0.29) is 6.61 Å². The summed E-state index contributed by atoms with van der Waals surface area (Å²) >= 11 is 0. The standard InChI is InChI=1S/C25H28N2O6/c1-4-32-25(29)26-18-5-9-21-16(12-24(28)33-23(21)13-18)14-27(19-6-7-19)15-17-11-20(30-2)8-10-22(17)31-3/h5,8-13,19H,4,6-7,14-15H2,1-3H3,(H,26,29). The van der Waals surface area contributed by atoms with Crippen LogP contribution in [0.1, 0.15) is 30.9 Å². The van der Waals surface area contributed by atoms with Gasteiger partial charge in [-0.2, -0.15) is 0 Å². The number of nitrogens with zero attached hydrogens (tertiary/aromatic N) is 1. The number of fused-ring (bicyclic) bond motifs is 1. The highest BCUT2D eigenvalue weighted by molar-refractivity contribution is 5.90. The van der Waals surface area contributed by atoms with E-state index in [1.54, 1.807) is 39.3 Å². The van der Waals surface area contributed by atoms with Crippen LogP contribution in [0.2, 0.25) is 0 Å². The van der Waals surface area contributed by atoms with Gasteiger partial charge in [0.15, 0.2) is 0 Å². The molecule has 1 fully saturated rings. The third kappa shape index (κ3) is 5.46. The number of benzene rings is 2. The van der Waals surface area contributed by atoms with Gasteiger partial charge in [0.1, 0.15) is 17.1 Å². The molecule has 33 heavy (non-hydrogen) atoms. The molecule has 0 spiro atoms. The van der Waals surface area contributed by atoms with Crippen LogP contribution in [0.3, 0.4) is 0 Å². The molecular weight excluding hydrogens is 424 g/mol. The van der Waals surface area contributed by atoms with E-state index in [0.29, 0.717) is 30.4 Å². The summed E-state index contributed by atoms with van der Waals surface area (Å²) in [6.45, 7) is 3.25. The molecule has 0 aliphatic heterocycles. The van der Waals surface area contributed by atoms with E-state index in [4.69, 9.17) is 18.6 Å². The van der Waals surface area contributed by atoms with Crippen molar-refractivity contribution in [3.05, 3.63) is 64.0 Å². The minimum Gasteiger partial charge on any atom is -0.497 e. The summed E-state index contributed by atoms with van der Waals surface area (Å²) in [5.74, 6) is 1.57. The van der Waals surface area contributed by atoms with Gasteiger partial charge < -0.3 is 18.6 Å². The lowest BCUT2D eigenvalue weighted by molar-refractivity contribution is 0.168. The molecule has 3 aromatic rings. The van der Waals surface area contributed by atoms with Crippen LogP contribution in [0.4, 0.5) is 10.5 Å². The monoisotopic (exact) mass is 452 g/mol. The van der Waals surface area contributed by atoms with Crippen LogP contribution in [-0.2, 0) is 17.8 Å². The maximum Gasteiger partial charge on any atom is 0.411 e. The molecule has 0 atom stereocenters. The van der Waals surface area contributed by atoms with Crippen molar-refractivity contribution in [1.82, 2.24) is 4.90 Å². The summed E-state index contributed by atoms with van der Waals surface area (Å²) in [5.41, 5.74) is 2.39. The Labute approximate surface area is 192 Å². The zero-order valence-electron chi connectivity index (χ0n) is 19.1. The lowest BCUT2D eigenvalue weighted by atomic mass is 10.1. The highest BCUT2D eigenvalue weighted by Crippen LogP contribution is 2.34. The van der Waals surface area contributed by atoms with E-state index in [1.165, 1.54) is 0 Å². The Morgan fingerprint density at radius 2 is 1.85 bits per heavy atom. The van der Waals surface area contributed by atoms with Crippen molar-refractivity contribution in [2.45, 2.75) is 38.9 Å². The van der Waals surface area contributed by atoms with Crippen molar-refractivity contribution in [3.63, 3.8) is 0 Å². The third-order valence-electron chi connectivity index (χ3n) is 5.65. The smallest absolute Gasteiger partial charge is 0.411 e. The number of carbonyl (C=O) groups is 1. The summed E-state index contributed by atoms with van der Waals surface area (Å²) < 4.78 is 21.3. The van der Waals surface area contributed by atoms with Gasteiger partial charge in [0.2, 0.25) is 0 Å². The number of hydrogen-bond donors (Lipinski definition) is 1. The highest BCUT2D eigenvalue weighted by Gasteiger charge is 2.30. The second-order valence-electron chi connectivity index (χ2n) is 7.96. The van der Waals surface area contributed by atoms with Gasteiger partial charge in [0, 0.05) is 47.9 Å². The molecule has 1 aromatic heterocycles. The molecule has 0 unspecified atom stereocenters. The molecular formula is C25H28N2O6. The number of rotatable bonds is 9. The minimum absolute atomic E-state index is 0.272. The molecule has 1 N–H and O–H groups in total. The van der Waals surface area contributed by atoms with Crippen molar-refractivity contribution in [3.8, 4) is 11.5 Å². The molecule has 8 nitrogen and oxygen atoms in total. The molecule has 1 saturated carbocycles. The van der Waals surface area contributed by atoms with Crippen molar-refractivity contribution in [2.75, 3.05) is 26.1 Å². The molecule has 0 radical (unpaired) electrons. The fraction of sp³-hybridized carbons (Fsp3) is 0.360. The molecule has 1 amide bonds. The predicted octanol–water partition coefficient (Wildman–Crippen LogP) is 4.54. The van der Waals surface area contributed by atoms with Gasteiger partial charge in [0.25, 0.3) is 0 Å².